The molecule has 0 aromatic rings. The van der Waals surface area contributed by atoms with Crippen molar-refractivity contribution in [2.24, 2.45) is 0 Å². The van der Waals surface area contributed by atoms with E-state index in [0.717, 1.165) is 0 Å². The van der Waals surface area contributed by atoms with Crippen LogP contribution in [0, 0.1) is 0 Å². The van der Waals surface area contributed by atoms with E-state index in [1.807, 2.05) is 0 Å². The van der Waals surface area contributed by atoms with Crippen LogP contribution in [0.2, 0.25) is 0 Å². The molecule has 1 radical (unpaired) electrons. The molecule has 2 fully saturated rings. The quantitative estimate of drug-likeness (QED) is 0.447. The van der Waals surface area contributed by atoms with E-state index in [1.54, 1.807) is 0 Å². The van der Waals surface area contributed by atoms with Gasteiger partial charge in [0.1, 0.15) is 0 Å². The highest BCUT2D eigenvalue weighted by molar-refractivity contribution is 6.19. The fourth-order valence-electron chi connectivity index (χ4n) is 1.55. The molecule has 3 heteroatoms. The minimum absolute atomic E-state index is 0.388. The molecule has 0 N–H and O–H groups in total. The van der Waals surface area contributed by atoms with Gasteiger partial charge in [-0.1, -0.05) is 12.8 Å². The monoisotopic (exact) mass is 125 g/mol. The zero-order valence-electron chi connectivity index (χ0n) is 5.38. The molecule has 1 aliphatic carbocycles. The van der Waals surface area contributed by atoms with Crippen LogP contribution < -0.4 is 0 Å². The van der Waals surface area contributed by atoms with Crippen molar-refractivity contribution in [3.63, 3.8) is 0 Å². The van der Waals surface area contributed by atoms with E-state index < -0.39 is 0 Å². The second kappa shape index (κ2) is 2.31. The Morgan fingerprint density at radius 2 is 1.56 bits per heavy atom. The summed E-state index contributed by atoms with van der Waals surface area (Å²) >= 11 is 0. The summed E-state index contributed by atoms with van der Waals surface area (Å²) in [5.41, 5.74) is 0. The maximum absolute atomic E-state index is 5.21. The lowest BCUT2D eigenvalue weighted by Crippen LogP contribution is -2.25. The standard InChI is InChI=1S/C6H10BO2/c1-2-4-6-5(3-1)8-7-9-6/h5-6H,1-4H2/t5-,6+. The van der Waals surface area contributed by atoms with Gasteiger partial charge in [0.05, 0.1) is 12.2 Å². The molecule has 2 aliphatic rings. The van der Waals surface area contributed by atoms with E-state index in [0.29, 0.717) is 12.2 Å². The van der Waals surface area contributed by atoms with Gasteiger partial charge in [-0.2, -0.15) is 0 Å². The summed E-state index contributed by atoms with van der Waals surface area (Å²) < 4.78 is 10.4. The largest absolute Gasteiger partial charge is 0.488 e. The Kier molecular flexibility index (Phi) is 1.48. The second-order valence-corrected chi connectivity index (χ2v) is 2.73. The van der Waals surface area contributed by atoms with Crippen LogP contribution in [0.5, 0.6) is 0 Å². The molecule has 2 nitrogen and oxygen atoms in total. The van der Waals surface area contributed by atoms with Crippen LogP contribution in [-0.4, -0.2) is 19.9 Å². The highest BCUT2D eigenvalue weighted by Crippen LogP contribution is 2.26. The molecule has 2 atom stereocenters. The summed E-state index contributed by atoms with van der Waals surface area (Å²) in [6, 6.07) is 0. The molecule has 0 unspecified atom stereocenters. The normalized spacial score (nSPS) is 41.8. The van der Waals surface area contributed by atoms with E-state index in [1.165, 1.54) is 33.4 Å². The first-order valence-corrected chi connectivity index (χ1v) is 3.59. The lowest BCUT2D eigenvalue weighted by atomic mass is 9.95. The number of hydrogen-bond acceptors (Lipinski definition) is 2. The summed E-state index contributed by atoms with van der Waals surface area (Å²) in [4.78, 5) is 0. The third kappa shape index (κ3) is 0.991. The van der Waals surface area contributed by atoms with Crippen molar-refractivity contribution in [3.8, 4) is 0 Å². The molecular weight excluding hydrogens is 115 g/mol. The van der Waals surface area contributed by atoms with Crippen LogP contribution in [0.3, 0.4) is 0 Å². The summed E-state index contributed by atoms with van der Waals surface area (Å²) in [7, 11) is 1.50. The van der Waals surface area contributed by atoms with Crippen LogP contribution >= 0.6 is 0 Å². The Labute approximate surface area is 55.8 Å². The van der Waals surface area contributed by atoms with Crippen molar-refractivity contribution in [2.45, 2.75) is 37.9 Å². The highest BCUT2D eigenvalue weighted by atomic mass is 16.6. The van der Waals surface area contributed by atoms with Gasteiger partial charge in [0.15, 0.2) is 0 Å². The summed E-state index contributed by atoms with van der Waals surface area (Å²) in [5, 5.41) is 0. The van der Waals surface area contributed by atoms with Gasteiger partial charge in [0.25, 0.3) is 0 Å². The Bertz CT molecular complexity index is 95.2. The van der Waals surface area contributed by atoms with Gasteiger partial charge in [0.2, 0.25) is 0 Å². The molecule has 49 valence electrons. The average Bonchev–Trinajstić information content (AvgIpc) is 2.33. The smallest absolute Gasteiger partial charge is 0.408 e. The fraction of sp³-hybridized carbons (Fsp3) is 1.00. The molecular formula is C6H10BO2. The minimum Gasteiger partial charge on any atom is -0.408 e. The number of fused-ring (bicyclic) bond motifs is 1. The van der Waals surface area contributed by atoms with Crippen LogP contribution in [0.15, 0.2) is 0 Å². The third-order valence-corrected chi connectivity index (χ3v) is 2.10. The lowest BCUT2D eigenvalue weighted by molar-refractivity contribution is 0.110. The van der Waals surface area contributed by atoms with Crippen molar-refractivity contribution >= 4 is 7.69 Å². The molecule has 9 heavy (non-hydrogen) atoms. The fourth-order valence-corrected chi connectivity index (χ4v) is 1.55. The van der Waals surface area contributed by atoms with E-state index in [9.17, 15) is 0 Å². The van der Waals surface area contributed by atoms with Gasteiger partial charge in [-0.25, -0.2) is 0 Å². The Hall–Kier alpha value is -0.0151. The Balaban J connectivity index is 1.97. The van der Waals surface area contributed by atoms with Gasteiger partial charge in [-0.3, -0.25) is 0 Å². The van der Waals surface area contributed by atoms with Crippen LogP contribution in [-0.2, 0) is 9.31 Å². The molecule has 0 amide bonds. The topological polar surface area (TPSA) is 18.5 Å². The molecule has 0 spiro atoms. The van der Waals surface area contributed by atoms with E-state index in [4.69, 9.17) is 9.31 Å². The summed E-state index contributed by atoms with van der Waals surface area (Å²) in [5.74, 6) is 0. The van der Waals surface area contributed by atoms with E-state index >= 15 is 0 Å². The number of hydrogen-bond donors (Lipinski definition) is 0. The first-order valence-electron chi connectivity index (χ1n) is 3.59. The van der Waals surface area contributed by atoms with Crippen molar-refractivity contribution in [1.29, 1.82) is 0 Å². The first kappa shape index (κ1) is 5.75. The highest BCUT2D eigenvalue weighted by Gasteiger charge is 2.31. The van der Waals surface area contributed by atoms with Gasteiger partial charge < -0.3 is 9.31 Å². The van der Waals surface area contributed by atoms with Crippen LogP contribution in [0.4, 0.5) is 0 Å². The predicted molar refractivity (Wildman–Crippen MR) is 34.0 cm³/mol. The molecule has 0 aromatic heterocycles. The predicted octanol–water partition coefficient (Wildman–Crippen LogP) is 0.879. The molecule has 0 bridgehead atoms. The van der Waals surface area contributed by atoms with E-state index in [2.05, 4.69) is 0 Å². The Morgan fingerprint density at radius 1 is 1.00 bits per heavy atom. The minimum atomic E-state index is 0.388. The van der Waals surface area contributed by atoms with Crippen LogP contribution in [0.25, 0.3) is 0 Å². The van der Waals surface area contributed by atoms with Crippen molar-refractivity contribution < 1.29 is 9.31 Å². The Morgan fingerprint density at radius 3 is 2.11 bits per heavy atom. The summed E-state index contributed by atoms with van der Waals surface area (Å²) in [6.07, 6.45) is 5.75. The first-order chi connectivity index (χ1) is 4.47. The van der Waals surface area contributed by atoms with E-state index in [-0.39, 0.29) is 0 Å². The second-order valence-electron chi connectivity index (χ2n) is 2.73. The molecule has 1 heterocycles. The van der Waals surface area contributed by atoms with Crippen molar-refractivity contribution in [3.05, 3.63) is 0 Å². The lowest BCUT2D eigenvalue weighted by Gasteiger charge is -2.22. The zero-order valence-corrected chi connectivity index (χ0v) is 5.38. The average molecular weight is 125 g/mol. The maximum Gasteiger partial charge on any atom is 0.488 e. The van der Waals surface area contributed by atoms with Crippen molar-refractivity contribution in [2.75, 3.05) is 0 Å². The van der Waals surface area contributed by atoms with Gasteiger partial charge in [-0.15, -0.1) is 0 Å². The molecule has 1 saturated carbocycles. The molecule has 0 aromatic carbocycles. The molecule has 2 rings (SSSR count). The third-order valence-electron chi connectivity index (χ3n) is 2.10. The van der Waals surface area contributed by atoms with Gasteiger partial charge in [0, 0.05) is 0 Å². The SMILES string of the molecule is [B]1O[C@H]2CCCC[C@H]2O1. The van der Waals surface area contributed by atoms with Gasteiger partial charge in [-0.05, 0) is 12.8 Å². The molecule has 1 saturated heterocycles. The van der Waals surface area contributed by atoms with Crippen LogP contribution in [0.1, 0.15) is 25.7 Å². The number of rotatable bonds is 0. The maximum atomic E-state index is 5.21. The van der Waals surface area contributed by atoms with Gasteiger partial charge >= 0.3 is 7.69 Å². The van der Waals surface area contributed by atoms with Crippen molar-refractivity contribution in [1.82, 2.24) is 0 Å². The summed E-state index contributed by atoms with van der Waals surface area (Å²) in [6.45, 7) is 0. The zero-order chi connectivity index (χ0) is 6.10. The molecule has 1 aliphatic heterocycles.